The second-order valence-electron chi connectivity index (χ2n) is 3.99. The summed E-state index contributed by atoms with van der Waals surface area (Å²) in [5.74, 6) is -0.559. The maximum absolute atomic E-state index is 12.6. The zero-order valence-corrected chi connectivity index (χ0v) is 11.1. The van der Waals surface area contributed by atoms with Crippen LogP contribution in [0.1, 0.15) is 44.6 Å². The molecule has 0 aromatic carbocycles. The van der Waals surface area contributed by atoms with Crippen LogP contribution >= 0.6 is 0 Å². The number of carbonyl (C=O) groups is 1. The van der Waals surface area contributed by atoms with Gasteiger partial charge in [-0.25, -0.2) is 4.79 Å². The summed E-state index contributed by atoms with van der Waals surface area (Å²) in [5.41, 5.74) is -0.612. The number of aryl methyl sites for hydroxylation is 1. The molecule has 1 aromatic heterocycles. The molecule has 0 bridgehead atoms. The van der Waals surface area contributed by atoms with Crippen LogP contribution in [0.5, 0.6) is 0 Å². The van der Waals surface area contributed by atoms with Gasteiger partial charge in [0.15, 0.2) is 5.69 Å². The van der Waals surface area contributed by atoms with Crippen molar-refractivity contribution in [3.05, 3.63) is 17.5 Å². The van der Waals surface area contributed by atoms with Gasteiger partial charge in [0.1, 0.15) is 6.04 Å². The van der Waals surface area contributed by atoms with Gasteiger partial charge in [0.25, 0.3) is 0 Å². The van der Waals surface area contributed by atoms with Crippen molar-refractivity contribution in [2.24, 2.45) is 0 Å². The first-order chi connectivity index (χ1) is 8.85. The van der Waals surface area contributed by atoms with Crippen LogP contribution in [0.25, 0.3) is 0 Å². The number of ether oxygens (including phenoxy) is 1. The van der Waals surface area contributed by atoms with Gasteiger partial charge in [-0.2, -0.15) is 18.3 Å². The molecule has 0 aliphatic rings. The second-order valence-corrected chi connectivity index (χ2v) is 3.99. The van der Waals surface area contributed by atoms with Crippen molar-refractivity contribution in [3.8, 4) is 0 Å². The van der Waals surface area contributed by atoms with Gasteiger partial charge in [-0.3, -0.25) is 4.68 Å². The van der Waals surface area contributed by atoms with Crippen LogP contribution in [0.4, 0.5) is 13.2 Å². The molecule has 4 nitrogen and oxygen atoms in total. The molecule has 0 aliphatic carbocycles. The number of halogens is 3. The molecule has 0 saturated heterocycles. The van der Waals surface area contributed by atoms with Gasteiger partial charge in [0.05, 0.1) is 6.61 Å². The Labute approximate surface area is 109 Å². The van der Waals surface area contributed by atoms with E-state index in [0.29, 0.717) is 18.5 Å². The molecule has 0 N–H and O–H groups in total. The number of alkyl halides is 3. The first-order valence-electron chi connectivity index (χ1n) is 6.17. The van der Waals surface area contributed by atoms with E-state index in [1.165, 1.54) is 0 Å². The van der Waals surface area contributed by atoms with Crippen molar-refractivity contribution >= 4 is 5.97 Å². The van der Waals surface area contributed by atoms with E-state index < -0.39 is 23.9 Å². The highest BCUT2D eigenvalue weighted by atomic mass is 19.4. The maximum Gasteiger partial charge on any atom is 0.435 e. The lowest BCUT2D eigenvalue weighted by Crippen LogP contribution is -2.24. The molecule has 0 saturated carbocycles. The van der Waals surface area contributed by atoms with E-state index in [-0.39, 0.29) is 6.61 Å². The van der Waals surface area contributed by atoms with Crippen molar-refractivity contribution in [2.45, 2.75) is 45.8 Å². The third kappa shape index (κ3) is 3.48. The Kier molecular flexibility index (Phi) is 4.97. The van der Waals surface area contributed by atoms with Gasteiger partial charge in [0, 0.05) is 5.69 Å². The lowest BCUT2D eigenvalue weighted by atomic mass is 10.2. The first kappa shape index (κ1) is 15.5. The minimum atomic E-state index is -4.51. The number of hydrogen-bond donors (Lipinski definition) is 0. The van der Waals surface area contributed by atoms with E-state index in [1.807, 2.05) is 0 Å². The lowest BCUT2D eigenvalue weighted by molar-refractivity contribution is -0.149. The molecule has 0 radical (unpaired) electrons. The number of aromatic nitrogens is 2. The molecular weight excluding hydrogens is 261 g/mol. The zero-order valence-electron chi connectivity index (χ0n) is 11.1. The number of esters is 1. The molecule has 1 atom stereocenters. The summed E-state index contributed by atoms with van der Waals surface area (Å²) in [6.07, 6.45) is -3.83. The van der Waals surface area contributed by atoms with Crippen molar-refractivity contribution in [1.82, 2.24) is 9.78 Å². The van der Waals surface area contributed by atoms with Crippen molar-refractivity contribution < 1.29 is 22.7 Å². The fraction of sp³-hybridized carbons (Fsp3) is 0.667. The fourth-order valence-corrected chi connectivity index (χ4v) is 1.78. The van der Waals surface area contributed by atoms with E-state index in [4.69, 9.17) is 4.74 Å². The Morgan fingerprint density at radius 1 is 1.42 bits per heavy atom. The molecule has 0 spiro atoms. The summed E-state index contributed by atoms with van der Waals surface area (Å²) in [5, 5.41) is 3.52. The summed E-state index contributed by atoms with van der Waals surface area (Å²) < 4.78 is 43.9. The van der Waals surface area contributed by atoms with Crippen LogP contribution in [0.2, 0.25) is 0 Å². The maximum atomic E-state index is 12.6. The minimum Gasteiger partial charge on any atom is -0.464 e. The number of carbonyl (C=O) groups excluding carboxylic acids is 1. The van der Waals surface area contributed by atoms with Gasteiger partial charge < -0.3 is 4.74 Å². The van der Waals surface area contributed by atoms with Crippen LogP contribution < -0.4 is 0 Å². The molecule has 19 heavy (non-hydrogen) atoms. The lowest BCUT2D eigenvalue weighted by Gasteiger charge is -2.16. The van der Waals surface area contributed by atoms with Crippen LogP contribution in [0.3, 0.4) is 0 Å². The molecule has 0 aliphatic heterocycles. The topological polar surface area (TPSA) is 44.1 Å². The minimum absolute atomic E-state index is 0.185. The van der Waals surface area contributed by atoms with E-state index in [0.717, 1.165) is 10.7 Å². The number of hydrogen-bond acceptors (Lipinski definition) is 3. The van der Waals surface area contributed by atoms with Crippen molar-refractivity contribution in [1.29, 1.82) is 0 Å². The summed E-state index contributed by atoms with van der Waals surface area (Å²) in [4.78, 5) is 11.7. The Morgan fingerprint density at radius 3 is 2.47 bits per heavy atom. The molecule has 0 amide bonds. The zero-order chi connectivity index (χ0) is 14.6. The van der Waals surface area contributed by atoms with Gasteiger partial charge >= 0.3 is 12.1 Å². The molecule has 108 valence electrons. The van der Waals surface area contributed by atoms with Crippen LogP contribution in [0, 0.1) is 0 Å². The molecule has 1 rings (SSSR count). The van der Waals surface area contributed by atoms with E-state index in [1.54, 1.807) is 20.8 Å². The standard InChI is InChI=1S/C12H17F3N2O2/c1-4-8-7-10(12(13,14)15)16-17(8)9(5-2)11(18)19-6-3/h7,9H,4-6H2,1-3H3/t9-/m0/s1. The van der Waals surface area contributed by atoms with Crippen molar-refractivity contribution in [3.63, 3.8) is 0 Å². The average molecular weight is 278 g/mol. The second kappa shape index (κ2) is 6.08. The van der Waals surface area contributed by atoms with E-state index >= 15 is 0 Å². The summed E-state index contributed by atoms with van der Waals surface area (Å²) >= 11 is 0. The normalized spacial score (nSPS) is 13.4. The first-order valence-corrected chi connectivity index (χ1v) is 6.17. The SMILES string of the molecule is CCOC(=O)[C@H](CC)n1nc(C(F)(F)F)cc1CC. The summed E-state index contributed by atoms with van der Waals surface area (Å²) in [6.45, 7) is 5.25. The highest BCUT2D eigenvalue weighted by molar-refractivity contribution is 5.74. The smallest absolute Gasteiger partial charge is 0.435 e. The Bertz CT molecular complexity index is 441. The molecular formula is C12H17F3N2O2. The predicted molar refractivity (Wildman–Crippen MR) is 62.6 cm³/mol. The third-order valence-corrected chi connectivity index (χ3v) is 2.71. The largest absolute Gasteiger partial charge is 0.464 e. The van der Waals surface area contributed by atoms with Crippen LogP contribution in [-0.2, 0) is 22.1 Å². The van der Waals surface area contributed by atoms with Gasteiger partial charge in [0.2, 0.25) is 0 Å². The quantitative estimate of drug-likeness (QED) is 0.778. The molecule has 7 heteroatoms. The molecule has 1 heterocycles. The molecule has 0 unspecified atom stereocenters. The van der Waals surface area contributed by atoms with Gasteiger partial charge in [-0.1, -0.05) is 13.8 Å². The predicted octanol–water partition coefficient (Wildman–Crippen LogP) is 2.98. The van der Waals surface area contributed by atoms with Gasteiger partial charge in [-0.05, 0) is 25.8 Å². The molecule has 0 fully saturated rings. The Balaban J connectivity index is 3.16. The monoisotopic (exact) mass is 278 g/mol. The number of nitrogens with zero attached hydrogens (tertiary/aromatic N) is 2. The summed E-state index contributed by atoms with van der Waals surface area (Å²) in [7, 11) is 0. The Hall–Kier alpha value is -1.53. The van der Waals surface area contributed by atoms with Gasteiger partial charge in [-0.15, -0.1) is 0 Å². The van der Waals surface area contributed by atoms with E-state index in [2.05, 4.69) is 5.10 Å². The third-order valence-electron chi connectivity index (χ3n) is 2.71. The highest BCUT2D eigenvalue weighted by Crippen LogP contribution is 2.30. The van der Waals surface area contributed by atoms with Crippen molar-refractivity contribution in [2.75, 3.05) is 6.61 Å². The highest BCUT2D eigenvalue weighted by Gasteiger charge is 2.36. The summed E-state index contributed by atoms with van der Waals surface area (Å²) in [6, 6.07) is 0.160. The average Bonchev–Trinajstić information content (AvgIpc) is 2.74. The fourth-order valence-electron chi connectivity index (χ4n) is 1.78. The number of rotatable bonds is 5. The van der Waals surface area contributed by atoms with E-state index in [9.17, 15) is 18.0 Å². The van der Waals surface area contributed by atoms with Crippen LogP contribution in [0.15, 0.2) is 6.07 Å². The van der Waals surface area contributed by atoms with Crippen LogP contribution in [-0.4, -0.2) is 22.4 Å². The Morgan fingerprint density at radius 2 is 2.05 bits per heavy atom. The molecule has 1 aromatic rings.